The van der Waals surface area contributed by atoms with Crippen LogP contribution in [0.3, 0.4) is 0 Å². The predicted molar refractivity (Wildman–Crippen MR) is 114 cm³/mol. The molecule has 0 aliphatic carbocycles. The van der Waals surface area contributed by atoms with Gasteiger partial charge >= 0.3 is 0 Å². The van der Waals surface area contributed by atoms with Crippen molar-refractivity contribution in [1.82, 2.24) is 0 Å². The molecular formula is C19H12Cl4O5S. The highest BCUT2D eigenvalue weighted by Crippen LogP contribution is 2.51. The molecule has 1 unspecified atom stereocenters. The summed E-state index contributed by atoms with van der Waals surface area (Å²) in [5.41, 5.74) is -0.601. The van der Waals surface area contributed by atoms with Crippen molar-refractivity contribution in [3.05, 3.63) is 91.4 Å². The molecular weight excluding hydrogens is 482 g/mol. The summed E-state index contributed by atoms with van der Waals surface area (Å²) in [5.74, 6) is -1.00. The van der Waals surface area contributed by atoms with Crippen molar-refractivity contribution in [2.24, 2.45) is 0 Å². The molecule has 5 nitrogen and oxygen atoms in total. The molecule has 3 aromatic carbocycles. The van der Waals surface area contributed by atoms with Crippen LogP contribution in [0, 0.1) is 0 Å². The van der Waals surface area contributed by atoms with Gasteiger partial charge in [-0.15, -0.1) is 0 Å². The molecule has 0 aliphatic rings. The summed E-state index contributed by atoms with van der Waals surface area (Å²) < 4.78 is 33.9. The van der Waals surface area contributed by atoms with Crippen molar-refractivity contribution in [3.8, 4) is 11.5 Å². The average molecular weight is 494 g/mol. The second-order valence-electron chi connectivity index (χ2n) is 6.09. The van der Waals surface area contributed by atoms with Gasteiger partial charge < -0.3 is 10.2 Å². The molecule has 3 aromatic rings. The maximum atomic E-state index is 13.0. The first kappa shape index (κ1) is 22.0. The number of rotatable bonds is 4. The third-order valence-corrected chi connectivity index (χ3v) is 7.20. The zero-order valence-corrected chi connectivity index (χ0v) is 18.1. The summed E-state index contributed by atoms with van der Waals surface area (Å²) in [6.07, 6.45) is 0. The van der Waals surface area contributed by atoms with E-state index < -0.39 is 26.4 Å². The lowest BCUT2D eigenvalue weighted by Gasteiger charge is -2.34. The molecule has 0 spiro atoms. The summed E-state index contributed by atoms with van der Waals surface area (Å²) in [6.45, 7) is 0. The van der Waals surface area contributed by atoms with E-state index in [1.807, 2.05) is 0 Å². The van der Waals surface area contributed by atoms with Gasteiger partial charge in [-0.2, -0.15) is 8.42 Å². The molecule has 0 heterocycles. The molecule has 0 bridgehead atoms. The molecule has 29 heavy (non-hydrogen) atoms. The number of phenols is 2. The van der Waals surface area contributed by atoms with Gasteiger partial charge in [-0.1, -0.05) is 70.7 Å². The summed E-state index contributed by atoms with van der Waals surface area (Å²) in [5, 5.41) is 20.4. The van der Waals surface area contributed by atoms with Crippen LogP contribution in [0.15, 0.2) is 54.6 Å². The van der Waals surface area contributed by atoms with E-state index >= 15 is 0 Å². The minimum Gasteiger partial charge on any atom is -0.508 e. The van der Waals surface area contributed by atoms with Crippen LogP contribution in [0.2, 0.25) is 20.1 Å². The smallest absolute Gasteiger partial charge is 0.283 e. The molecule has 0 aliphatic heterocycles. The first-order valence-corrected chi connectivity index (χ1v) is 10.8. The second-order valence-corrected chi connectivity index (χ2v) is 9.28. The Bertz CT molecular complexity index is 1210. The highest BCUT2D eigenvalue weighted by atomic mass is 35.5. The summed E-state index contributed by atoms with van der Waals surface area (Å²) >= 11 is 24.3. The van der Waals surface area contributed by atoms with Crippen LogP contribution in [0.25, 0.3) is 0 Å². The third kappa shape index (κ3) is 3.65. The largest absolute Gasteiger partial charge is 0.508 e. The van der Waals surface area contributed by atoms with E-state index in [1.54, 1.807) is 0 Å². The van der Waals surface area contributed by atoms with Gasteiger partial charge in [0.25, 0.3) is 10.1 Å². The molecule has 10 heteroatoms. The van der Waals surface area contributed by atoms with Gasteiger partial charge in [0.05, 0.1) is 15.1 Å². The lowest BCUT2D eigenvalue weighted by molar-refractivity contribution is 0.439. The Morgan fingerprint density at radius 2 is 1.38 bits per heavy atom. The molecule has 3 rings (SSSR count). The number of aromatic hydroxyl groups is 2. The van der Waals surface area contributed by atoms with Crippen molar-refractivity contribution >= 4 is 56.5 Å². The Morgan fingerprint density at radius 3 is 2.00 bits per heavy atom. The van der Waals surface area contributed by atoms with E-state index in [4.69, 9.17) is 46.4 Å². The van der Waals surface area contributed by atoms with Crippen molar-refractivity contribution in [2.45, 2.75) is 4.75 Å². The van der Waals surface area contributed by atoms with Gasteiger partial charge in [0, 0.05) is 22.2 Å². The van der Waals surface area contributed by atoms with Crippen LogP contribution in [-0.4, -0.2) is 23.2 Å². The summed E-state index contributed by atoms with van der Waals surface area (Å²) in [4.78, 5) is 0. The van der Waals surface area contributed by atoms with E-state index in [9.17, 15) is 23.2 Å². The highest BCUT2D eigenvalue weighted by Gasteiger charge is 2.51. The van der Waals surface area contributed by atoms with Gasteiger partial charge in [0.1, 0.15) is 11.5 Å². The first-order valence-electron chi connectivity index (χ1n) is 7.89. The van der Waals surface area contributed by atoms with Crippen LogP contribution >= 0.6 is 46.4 Å². The van der Waals surface area contributed by atoms with Gasteiger partial charge in [-0.25, -0.2) is 0 Å². The molecule has 0 amide bonds. The van der Waals surface area contributed by atoms with E-state index in [2.05, 4.69) is 0 Å². The van der Waals surface area contributed by atoms with Crippen molar-refractivity contribution < 1.29 is 23.2 Å². The zero-order valence-electron chi connectivity index (χ0n) is 14.3. The maximum Gasteiger partial charge on any atom is 0.283 e. The average Bonchev–Trinajstić information content (AvgIpc) is 2.62. The predicted octanol–water partition coefficient (Wildman–Crippen LogP) is 5.89. The van der Waals surface area contributed by atoms with Gasteiger partial charge in [-0.05, 0) is 29.8 Å². The molecule has 0 saturated carbocycles. The maximum absolute atomic E-state index is 13.0. The normalized spacial score (nSPS) is 13.8. The Morgan fingerprint density at radius 1 is 0.759 bits per heavy atom. The van der Waals surface area contributed by atoms with E-state index in [-0.39, 0.29) is 36.8 Å². The first-order chi connectivity index (χ1) is 13.5. The summed E-state index contributed by atoms with van der Waals surface area (Å²) in [7, 11) is -5.11. The van der Waals surface area contributed by atoms with Crippen molar-refractivity contribution in [2.75, 3.05) is 0 Å². The number of phenolic OH excluding ortho intramolecular Hbond substituents is 2. The number of hydrogen-bond acceptors (Lipinski definition) is 4. The van der Waals surface area contributed by atoms with Crippen LogP contribution in [0.4, 0.5) is 0 Å². The summed E-state index contributed by atoms with van der Waals surface area (Å²) in [6, 6.07) is 11.7. The van der Waals surface area contributed by atoms with E-state index in [1.165, 1.54) is 42.5 Å². The fourth-order valence-corrected chi connectivity index (χ4v) is 5.35. The Hall–Kier alpha value is -1.67. The van der Waals surface area contributed by atoms with Crippen molar-refractivity contribution in [1.29, 1.82) is 0 Å². The molecule has 0 saturated heterocycles. The van der Waals surface area contributed by atoms with Crippen LogP contribution in [0.5, 0.6) is 11.5 Å². The highest BCUT2D eigenvalue weighted by molar-refractivity contribution is 7.87. The van der Waals surface area contributed by atoms with Crippen LogP contribution in [-0.2, 0) is 14.9 Å². The van der Waals surface area contributed by atoms with Gasteiger partial charge in [0.15, 0.2) is 4.75 Å². The SMILES string of the molecule is O=S(=O)(O)C(c1cccc(Cl)c1)(c1cc(Cl)c(Cl)cc1O)c1cccc(O)c1Cl. The quantitative estimate of drug-likeness (QED) is 0.311. The minimum absolute atomic E-state index is 0.0368. The van der Waals surface area contributed by atoms with Gasteiger partial charge in [0.2, 0.25) is 0 Å². The Labute approximate surface area is 186 Å². The van der Waals surface area contributed by atoms with E-state index in [0.29, 0.717) is 0 Å². The molecule has 152 valence electrons. The zero-order chi connectivity index (χ0) is 21.6. The molecule has 0 radical (unpaired) electrons. The lowest BCUT2D eigenvalue weighted by Crippen LogP contribution is -2.38. The number of benzene rings is 3. The second kappa shape index (κ2) is 7.87. The number of hydrogen-bond donors (Lipinski definition) is 3. The van der Waals surface area contributed by atoms with Crippen LogP contribution in [0.1, 0.15) is 16.7 Å². The Kier molecular flexibility index (Phi) is 5.98. The van der Waals surface area contributed by atoms with Crippen molar-refractivity contribution in [3.63, 3.8) is 0 Å². The number of halogens is 4. The molecule has 1 atom stereocenters. The third-order valence-electron chi connectivity index (χ3n) is 4.39. The fraction of sp³-hybridized carbons (Fsp3) is 0.0526. The standard InChI is InChI=1S/C19H12Cl4O5S/c20-11-4-1-3-10(7-11)19(29(26,27)28,12-5-2-6-16(24)18(12)23)13-8-14(21)15(22)9-17(13)25/h1-9,24-25H,(H,26,27,28). The molecule has 0 fully saturated rings. The van der Waals surface area contributed by atoms with E-state index in [0.717, 1.165) is 12.1 Å². The lowest BCUT2D eigenvalue weighted by atomic mass is 9.83. The minimum atomic E-state index is -5.11. The fourth-order valence-electron chi connectivity index (χ4n) is 3.20. The van der Waals surface area contributed by atoms with Gasteiger partial charge in [-0.3, -0.25) is 4.55 Å². The molecule has 3 N–H and O–H groups in total. The van der Waals surface area contributed by atoms with Crippen LogP contribution < -0.4 is 0 Å². The monoisotopic (exact) mass is 492 g/mol. The topological polar surface area (TPSA) is 94.8 Å². The Balaban J connectivity index is 2.63. The molecule has 0 aromatic heterocycles.